The van der Waals surface area contributed by atoms with Crippen molar-refractivity contribution in [3.05, 3.63) is 17.5 Å². The highest BCUT2D eigenvalue weighted by Gasteiger charge is 2.27. The van der Waals surface area contributed by atoms with Crippen LogP contribution in [0.2, 0.25) is 0 Å². The van der Waals surface area contributed by atoms with Gasteiger partial charge in [-0.2, -0.15) is 5.10 Å². The van der Waals surface area contributed by atoms with E-state index in [4.69, 9.17) is 0 Å². The van der Waals surface area contributed by atoms with Gasteiger partial charge in [-0.1, -0.05) is 0 Å². The second-order valence-electron chi connectivity index (χ2n) is 3.99. The number of β-amino-alcohol motifs (C(OH)–C–C–N with tert-alkyl or cyclic N) is 1. The largest absolute Gasteiger partial charge is 0.391 e. The van der Waals surface area contributed by atoms with Gasteiger partial charge in [0.15, 0.2) is 0 Å². The van der Waals surface area contributed by atoms with E-state index in [-0.39, 0.29) is 12.0 Å². The number of aliphatic hydroxyl groups excluding tert-OH is 1. The van der Waals surface area contributed by atoms with E-state index in [0.717, 1.165) is 5.69 Å². The summed E-state index contributed by atoms with van der Waals surface area (Å²) in [5.41, 5.74) is 1.42. The second-order valence-corrected chi connectivity index (χ2v) is 3.99. The molecule has 15 heavy (non-hydrogen) atoms. The summed E-state index contributed by atoms with van der Waals surface area (Å²) in [6, 6.07) is 1.77. The van der Waals surface area contributed by atoms with Crippen molar-refractivity contribution in [1.82, 2.24) is 14.7 Å². The van der Waals surface area contributed by atoms with Crippen molar-refractivity contribution < 1.29 is 9.90 Å². The molecule has 0 aliphatic carbocycles. The number of carbonyl (C=O) groups is 1. The van der Waals surface area contributed by atoms with Gasteiger partial charge in [-0.3, -0.25) is 9.48 Å². The van der Waals surface area contributed by atoms with Gasteiger partial charge < -0.3 is 10.0 Å². The Kier molecular flexibility index (Phi) is 2.48. The quantitative estimate of drug-likeness (QED) is 0.704. The number of nitrogens with zero attached hydrogens (tertiary/aromatic N) is 3. The summed E-state index contributed by atoms with van der Waals surface area (Å²) in [5, 5.41) is 13.5. The molecule has 1 amide bonds. The molecule has 0 bridgehead atoms. The zero-order valence-electron chi connectivity index (χ0n) is 8.97. The van der Waals surface area contributed by atoms with Gasteiger partial charge in [0.1, 0.15) is 5.69 Å². The summed E-state index contributed by atoms with van der Waals surface area (Å²) < 4.78 is 1.59. The molecule has 1 unspecified atom stereocenters. The minimum atomic E-state index is -0.372. The lowest BCUT2D eigenvalue weighted by atomic mass is 10.3. The van der Waals surface area contributed by atoms with Crippen molar-refractivity contribution in [3.8, 4) is 0 Å². The summed E-state index contributed by atoms with van der Waals surface area (Å²) in [4.78, 5) is 13.6. The molecule has 1 saturated heterocycles. The summed E-state index contributed by atoms with van der Waals surface area (Å²) in [6.45, 7) is 2.92. The lowest BCUT2D eigenvalue weighted by Gasteiger charge is -2.14. The highest BCUT2D eigenvalue weighted by molar-refractivity contribution is 5.92. The fourth-order valence-electron chi connectivity index (χ4n) is 1.90. The average Bonchev–Trinajstić information content (AvgIpc) is 2.71. The summed E-state index contributed by atoms with van der Waals surface area (Å²) in [5.74, 6) is -0.0466. The van der Waals surface area contributed by atoms with Crippen molar-refractivity contribution in [1.29, 1.82) is 0 Å². The van der Waals surface area contributed by atoms with Gasteiger partial charge in [-0.15, -0.1) is 0 Å². The number of aryl methyl sites for hydroxylation is 2. The third-order valence-electron chi connectivity index (χ3n) is 2.67. The number of rotatable bonds is 1. The second kappa shape index (κ2) is 3.66. The van der Waals surface area contributed by atoms with Crippen LogP contribution in [0.5, 0.6) is 0 Å². The predicted octanol–water partition coefficient (Wildman–Crippen LogP) is -0.0647. The van der Waals surface area contributed by atoms with Gasteiger partial charge in [0.05, 0.1) is 11.8 Å². The van der Waals surface area contributed by atoms with E-state index in [1.807, 2.05) is 6.92 Å². The zero-order chi connectivity index (χ0) is 11.0. The molecule has 2 heterocycles. The van der Waals surface area contributed by atoms with Gasteiger partial charge in [0.25, 0.3) is 5.91 Å². The van der Waals surface area contributed by atoms with E-state index < -0.39 is 0 Å². The Bertz CT molecular complexity index is 386. The van der Waals surface area contributed by atoms with Crippen LogP contribution in [-0.2, 0) is 7.05 Å². The molecule has 1 aliphatic heterocycles. The number of amides is 1. The van der Waals surface area contributed by atoms with Crippen LogP contribution in [0, 0.1) is 6.92 Å². The van der Waals surface area contributed by atoms with Crippen molar-refractivity contribution >= 4 is 5.91 Å². The normalized spacial score (nSPS) is 21.0. The van der Waals surface area contributed by atoms with Crippen LogP contribution < -0.4 is 0 Å². The van der Waals surface area contributed by atoms with Gasteiger partial charge in [-0.05, 0) is 19.4 Å². The molecule has 0 saturated carbocycles. The minimum Gasteiger partial charge on any atom is -0.391 e. The van der Waals surface area contributed by atoms with E-state index in [1.54, 1.807) is 22.7 Å². The van der Waals surface area contributed by atoms with Gasteiger partial charge in [-0.25, -0.2) is 0 Å². The Morgan fingerprint density at radius 3 is 2.87 bits per heavy atom. The molecular weight excluding hydrogens is 194 g/mol. The number of carbonyl (C=O) groups excluding carboxylic acids is 1. The first-order chi connectivity index (χ1) is 7.08. The third kappa shape index (κ3) is 1.87. The molecule has 2 rings (SSSR count). The number of aromatic nitrogens is 2. The van der Waals surface area contributed by atoms with Crippen LogP contribution in [0.15, 0.2) is 6.07 Å². The molecule has 82 valence electrons. The van der Waals surface area contributed by atoms with E-state index in [2.05, 4.69) is 5.10 Å². The molecular formula is C10H15N3O2. The van der Waals surface area contributed by atoms with E-state index >= 15 is 0 Å². The minimum absolute atomic E-state index is 0.0466. The fraction of sp³-hybridized carbons (Fsp3) is 0.600. The molecule has 1 fully saturated rings. The molecule has 0 spiro atoms. The molecule has 5 heteroatoms. The highest BCUT2D eigenvalue weighted by Crippen LogP contribution is 2.13. The Morgan fingerprint density at radius 2 is 2.40 bits per heavy atom. The first-order valence-electron chi connectivity index (χ1n) is 5.06. The smallest absolute Gasteiger partial charge is 0.272 e. The molecule has 1 aromatic heterocycles. The van der Waals surface area contributed by atoms with E-state index in [0.29, 0.717) is 25.2 Å². The molecule has 1 atom stereocenters. The number of hydrogen-bond acceptors (Lipinski definition) is 3. The van der Waals surface area contributed by atoms with Gasteiger partial charge in [0, 0.05) is 20.1 Å². The summed E-state index contributed by atoms with van der Waals surface area (Å²) >= 11 is 0. The van der Waals surface area contributed by atoms with Crippen molar-refractivity contribution in [2.75, 3.05) is 13.1 Å². The number of hydrogen-bond donors (Lipinski definition) is 1. The van der Waals surface area contributed by atoms with Crippen LogP contribution in [0.25, 0.3) is 0 Å². The molecule has 0 aromatic carbocycles. The fourth-order valence-corrected chi connectivity index (χ4v) is 1.90. The Balaban J connectivity index is 2.17. The van der Waals surface area contributed by atoms with Crippen molar-refractivity contribution in [3.63, 3.8) is 0 Å². The first kappa shape index (κ1) is 10.2. The van der Waals surface area contributed by atoms with Crippen LogP contribution in [-0.4, -0.2) is 44.9 Å². The Hall–Kier alpha value is -1.36. The van der Waals surface area contributed by atoms with Gasteiger partial charge >= 0.3 is 0 Å². The lowest BCUT2D eigenvalue weighted by Crippen LogP contribution is -2.31. The van der Waals surface area contributed by atoms with Crippen molar-refractivity contribution in [2.24, 2.45) is 7.05 Å². The summed E-state index contributed by atoms with van der Waals surface area (Å²) in [6.07, 6.45) is 0.297. The first-order valence-corrected chi connectivity index (χ1v) is 5.06. The lowest BCUT2D eigenvalue weighted by molar-refractivity contribution is 0.0754. The number of likely N-dealkylation sites (tertiary alicyclic amines) is 1. The molecule has 1 N–H and O–H groups in total. The maximum Gasteiger partial charge on any atom is 0.272 e. The van der Waals surface area contributed by atoms with E-state index in [9.17, 15) is 9.90 Å². The maximum atomic E-state index is 12.0. The van der Waals surface area contributed by atoms with Gasteiger partial charge in [0.2, 0.25) is 0 Å². The molecule has 1 aromatic rings. The van der Waals surface area contributed by atoms with Crippen LogP contribution in [0.4, 0.5) is 0 Å². The topological polar surface area (TPSA) is 58.4 Å². The Morgan fingerprint density at radius 1 is 1.67 bits per heavy atom. The maximum absolute atomic E-state index is 12.0. The zero-order valence-corrected chi connectivity index (χ0v) is 8.97. The molecule has 0 radical (unpaired) electrons. The van der Waals surface area contributed by atoms with E-state index in [1.165, 1.54) is 0 Å². The average molecular weight is 209 g/mol. The van der Waals surface area contributed by atoms with Crippen LogP contribution >= 0.6 is 0 Å². The Labute approximate surface area is 88.3 Å². The molecule has 1 aliphatic rings. The van der Waals surface area contributed by atoms with Crippen molar-refractivity contribution in [2.45, 2.75) is 19.4 Å². The highest BCUT2D eigenvalue weighted by atomic mass is 16.3. The SMILES string of the molecule is Cc1cc(C(=O)N2CCC(O)C2)n(C)n1. The predicted molar refractivity (Wildman–Crippen MR) is 54.5 cm³/mol. The number of aliphatic hydroxyl groups is 1. The van der Waals surface area contributed by atoms with Crippen LogP contribution in [0.1, 0.15) is 22.6 Å². The molecule has 5 nitrogen and oxygen atoms in total. The standard InChI is InChI=1S/C10H15N3O2/c1-7-5-9(12(2)11-7)10(15)13-4-3-8(14)6-13/h5,8,14H,3-4,6H2,1-2H3. The van der Waals surface area contributed by atoms with Crippen LogP contribution in [0.3, 0.4) is 0 Å². The third-order valence-corrected chi connectivity index (χ3v) is 2.67. The monoisotopic (exact) mass is 209 g/mol. The summed E-state index contributed by atoms with van der Waals surface area (Å²) in [7, 11) is 1.76.